The number of hydrogen-bond donors (Lipinski definition) is 3. The molecule has 2 atom stereocenters. The number of hydrogen-bond acceptors (Lipinski definition) is 4. The molecule has 0 aromatic heterocycles. The predicted octanol–water partition coefficient (Wildman–Crippen LogP) is 1.17. The van der Waals surface area contributed by atoms with Gasteiger partial charge in [-0.1, -0.05) is 25.3 Å². The molecule has 1 aliphatic rings. The van der Waals surface area contributed by atoms with Crippen molar-refractivity contribution in [2.75, 3.05) is 6.61 Å². The lowest BCUT2D eigenvalue weighted by Crippen LogP contribution is -3.03. The smallest absolute Gasteiger partial charge is 0.152 e. The fourth-order valence-corrected chi connectivity index (χ4v) is 3.36. The number of aliphatic hydroxyl groups is 1. The summed E-state index contributed by atoms with van der Waals surface area (Å²) in [6.07, 6.45) is 1.01. The monoisotopic (exact) mass is 281 g/mol. The third-order valence-electron chi connectivity index (χ3n) is 4.31. The summed E-state index contributed by atoms with van der Waals surface area (Å²) in [6, 6.07) is 2.02. The average molecular weight is 281 g/mol. The van der Waals surface area contributed by atoms with Crippen LogP contribution >= 0.6 is 0 Å². The van der Waals surface area contributed by atoms with E-state index in [0.717, 1.165) is 23.1 Å². The predicted molar refractivity (Wildman–Crippen MR) is 74.1 cm³/mol. The minimum atomic E-state index is -1.23. The summed E-state index contributed by atoms with van der Waals surface area (Å²) in [5.41, 5.74) is 5.34. The minimum Gasteiger partial charge on any atom is -0.566 e. The highest BCUT2D eigenvalue weighted by molar-refractivity contribution is 5.49. The maximum atomic E-state index is 10.9. The molecule has 0 aliphatic heterocycles. The molecule has 5 heteroatoms. The Morgan fingerprint density at radius 1 is 1.45 bits per heavy atom. The molecule has 0 radical (unpaired) electrons. The average Bonchev–Trinajstić information content (AvgIpc) is 2.57. The first-order chi connectivity index (χ1) is 9.27. The van der Waals surface area contributed by atoms with Crippen LogP contribution in [0.4, 0.5) is 0 Å². The SMILES string of the molecule is Cc1cc2c(c(C)c1CCO)CC(C)(C)C2O[NH+]([O-])O. The van der Waals surface area contributed by atoms with Gasteiger partial charge in [-0.2, -0.15) is 10.0 Å². The standard InChI is InChI=1S/C15H23NO4/c1-9-7-12-13(10(2)11(9)5-6-17)8-15(3,4)14(12)20-16(18)19/h7,14,16-18H,5-6,8H2,1-4H3. The Kier molecular flexibility index (Phi) is 4.18. The van der Waals surface area contributed by atoms with Crippen LogP contribution in [0, 0.1) is 24.5 Å². The molecular weight excluding hydrogens is 258 g/mol. The second-order valence-corrected chi connectivity index (χ2v) is 6.27. The largest absolute Gasteiger partial charge is 0.566 e. The van der Waals surface area contributed by atoms with E-state index in [4.69, 9.17) is 10.0 Å². The molecule has 5 nitrogen and oxygen atoms in total. The maximum Gasteiger partial charge on any atom is 0.152 e. The van der Waals surface area contributed by atoms with Crippen molar-refractivity contribution >= 4 is 0 Å². The Bertz CT molecular complexity index is 511. The van der Waals surface area contributed by atoms with E-state index in [1.165, 1.54) is 11.1 Å². The van der Waals surface area contributed by atoms with E-state index in [0.29, 0.717) is 6.42 Å². The van der Waals surface area contributed by atoms with Crippen LogP contribution in [0.15, 0.2) is 6.07 Å². The molecule has 3 N–H and O–H groups in total. The van der Waals surface area contributed by atoms with Crippen LogP contribution in [0.5, 0.6) is 0 Å². The van der Waals surface area contributed by atoms with E-state index in [9.17, 15) is 10.3 Å². The number of aliphatic hydroxyl groups excluding tert-OH is 1. The quantitative estimate of drug-likeness (QED) is 0.724. The van der Waals surface area contributed by atoms with Crippen LogP contribution in [0.1, 0.15) is 47.8 Å². The molecule has 0 fully saturated rings. The third kappa shape index (κ3) is 2.60. The second-order valence-electron chi connectivity index (χ2n) is 6.27. The first-order valence-corrected chi connectivity index (χ1v) is 6.90. The Hall–Kier alpha value is -0.980. The number of quaternary nitrogens is 1. The van der Waals surface area contributed by atoms with E-state index in [-0.39, 0.29) is 12.0 Å². The third-order valence-corrected chi connectivity index (χ3v) is 4.31. The van der Waals surface area contributed by atoms with Gasteiger partial charge in [-0.3, -0.25) is 0 Å². The van der Waals surface area contributed by atoms with Gasteiger partial charge in [0.1, 0.15) is 0 Å². The van der Waals surface area contributed by atoms with Crippen molar-refractivity contribution in [2.24, 2.45) is 5.41 Å². The van der Waals surface area contributed by atoms with Gasteiger partial charge < -0.3 is 10.3 Å². The molecule has 0 amide bonds. The molecule has 2 rings (SSSR count). The van der Waals surface area contributed by atoms with Crippen molar-refractivity contribution in [1.29, 1.82) is 0 Å². The van der Waals surface area contributed by atoms with Crippen LogP contribution in [0.25, 0.3) is 0 Å². The summed E-state index contributed by atoms with van der Waals surface area (Å²) < 4.78 is 0. The number of benzene rings is 1. The molecule has 1 aliphatic carbocycles. The van der Waals surface area contributed by atoms with Gasteiger partial charge in [0.05, 0.1) is 0 Å². The molecular formula is C15H23NO4. The molecule has 0 heterocycles. The van der Waals surface area contributed by atoms with Gasteiger partial charge in [0.25, 0.3) is 0 Å². The zero-order chi connectivity index (χ0) is 15.1. The fraction of sp³-hybridized carbons (Fsp3) is 0.600. The van der Waals surface area contributed by atoms with Crippen molar-refractivity contribution in [3.05, 3.63) is 39.1 Å². The van der Waals surface area contributed by atoms with Gasteiger partial charge >= 0.3 is 0 Å². The highest BCUT2D eigenvalue weighted by Gasteiger charge is 2.43. The van der Waals surface area contributed by atoms with Gasteiger partial charge in [0.15, 0.2) is 6.10 Å². The molecule has 1 aromatic carbocycles. The summed E-state index contributed by atoms with van der Waals surface area (Å²) in [5, 5.41) is 27.8. The van der Waals surface area contributed by atoms with Crippen molar-refractivity contribution in [2.45, 2.75) is 46.6 Å². The first kappa shape index (κ1) is 15.4. The van der Waals surface area contributed by atoms with Gasteiger partial charge in [0, 0.05) is 12.0 Å². The second kappa shape index (κ2) is 5.42. The number of nitrogens with one attached hydrogen (secondary N) is 1. The maximum absolute atomic E-state index is 10.9. The minimum absolute atomic E-state index is 0.124. The molecule has 2 unspecified atom stereocenters. The van der Waals surface area contributed by atoms with Crippen LogP contribution in [0.3, 0.4) is 0 Å². The molecule has 20 heavy (non-hydrogen) atoms. The molecule has 0 spiro atoms. The van der Waals surface area contributed by atoms with E-state index < -0.39 is 11.5 Å². The molecule has 0 saturated heterocycles. The summed E-state index contributed by atoms with van der Waals surface area (Å²) in [7, 11) is 0. The van der Waals surface area contributed by atoms with Gasteiger partial charge in [0.2, 0.25) is 0 Å². The lowest BCUT2D eigenvalue weighted by atomic mass is 9.87. The highest BCUT2D eigenvalue weighted by Crippen LogP contribution is 2.48. The number of fused-ring (bicyclic) bond motifs is 1. The van der Waals surface area contributed by atoms with Gasteiger partial charge in [-0.05, 0) is 54.5 Å². The number of rotatable bonds is 4. The Morgan fingerprint density at radius 2 is 2.10 bits per heavy atom. The normalized spacial score (nSPS) is 21.9. The molecule has 0 saturated carbocycles. The number of aryl methyl sites for hydroxylation is 1. The van der Waals surface area contributed by atoms with Crippen molar-refractivity contribution in [3.63, 3.8) is 0 Å². The van der Waals surface area contributed by atoms with Crippen molar-refractivity contribution in [1.82, 2.24) is 0 Å². The van der Waals surface area contributed by atoms with Crippen LogP contribution in [-0.4, -0.2) is 16.9 Å². The summed E-state index contributed by atoms with van der Waals surface area (Å²) in [6.45, 7) is 8.23. The Labute approximate surface area is 119 Å². The fourth-order valence-electron chi connectivity index (χ4n) is 3.36. The Balaban J connectivity index is 2.51. The van der Waals surface area contributed by atoms with E-state index >= 15 is 0 Å². The molecule has 0 bridgehead atoms. The first-order valence-electron chi connectivity index (χ1n) is 6.90. The van der Waals surface area contributed by atoms with Crippen LogP contribution in [-0.2, 0) is 17.7 Å². The van der Waals surface area contributed by atoms with Crippen molar-refractivity contribution < 1.29 is 20.5 Å². The lowest BCUT2D eigenvalue weighted by Gasteiger charge is -2.27. The summed E-state index contributed by atoms with van der Waals surface area (Å²) in [4.78, 5) is 5.13. The Morgan fingerprint density at radius 3 is 2.65 bits per heavy atom. The van der Waals surface area contributed by atoms with Gasteiger partial charge in [-0.25, -0.2) is 0 Å². The van der Waals surface area contributed by atoms with Crippen LogP contribution < -0.4 is 5.39 Å². The van der Waals surface area contributed by atoms with E-state index in [1.807, 2.05) is 26.8 Å². The zero-order valence-corrected chi connectivity index (χ0v) is 12.5. The summed E-state index contributed by atoms with van der Waals surface area (Å²) in [5.74, 6) is 0. The molecule has 1 aromatic rings. The van der Waals surface area contributed by atoms with E-state index in [2.05, 4.69) is 6.92 Å². The van der Waals surface area contributed by atoms with Gasteiger partial charge in [-0.15, -0.1) is 0 Å². The lowest BCUT2D eigenvalue weighted by molar-refractivity contribution is -1.21. The summed E-state index contributed by atoms with van der Waals surface area (Å²) >= 11 is 0. The highest BCUT2D eigenvalue weighted by atomic mass is 17.1. The zero-order valence-electron chi connectivity index (χ0n) is 12.5. The van der Waals surface area contributed by atoms with Crippen molar-refractivity contribution in [3.8, 4) is 0 Å². The molecule has 112 valence electrons. The topological polar surface area (TPSA) is 77.2 Å². The van der Waals surface area contributed by atoms with E-state index in [1.54, 1.807) is 0 Å². The van der Waals surface area contributed by atoms with Crippen LogP contribution in [0.2, 0.25) is 0 Å².